The van der Waals surface area contributed by atoms with E-state index in [1.54, 1.807) is 18.2 Å². The molecule has 0 fully saturated rings. The predicted molar refractivity (Wildman–Crippen MR) is 87.6 cm³/mol. The molecule has 2 N–H and O–H groups in total. The molecule has 1 atom stereocenters. The van der Waals surface area contributed by atoms with Gasteiger partial charge in [0.1, 0.15) is 18.5 Å². The topological polar surface area (TPSA) is 41.5 Å². The second-order valence-corrected chi connectivity index (χ2v) is 5.58. The van der Waals surface area contributed by atoms with Crippen molar-refractivity contribution in [1.82, 2.24) is 0 Å². The Balaban J connectivity index is 1.84. The Labute approximate surface area is 134 Å². The van der Waals surface area contributed by atoms with Crippen molar-refractivity contribution >= 4 is 28.9 Å². The maximum Gasteiger partial charge on any atom is 0.122 e. The van der Waals surface area contributed by atoms with Crippen molar-refractivity contribution in [1.29, 1.82) is 0 Å². The van der Waals surface area contributed by atoms with E-state index < -0.39 is 6.10 Å². The van der Waals surface area contributed by atoms with Gasteiger partial charge in [-0.15, -0.1) is 0 Å². The number of aryl methyl sites for hydroxylation is 1. The summed E-state index contributed by atoms with van der Waals surface area (Å²) in [4.78, 5) is 0. The second kappa shape index (κ2) is 7.55. The van der Waals surface area contributed by atoms with E-state index in [2.05, 4.69) is 5.32 Å². The highest BCUT2D eigenvalue weighted by atomic mass is 35.5. The number of nitrogens with one attached hydrogen (secondary N) is 1. The molecule has 2 aromatic rings. The highest BCUT2D eigenvalue weighted by molar-refractivity contribution is 6.35. The molecule has 0 saturated heterocycles. The summed E-state index contributed by atoms with van der Waals surface area (Å²) in [5, 5.41) is 14.2. The minimum Gasteiger partial charge on any atom is -0.491 e. The SMILES string of the molecule is Cc1ccccc1OCC(O)CNc1cc(Cl)ccc1Cl. The van der Waals surface area contributed by atoms with Crippen LogP contribution in [0.4, 0.5) is 5.69 Å². The van der Waals surface area contributed by atoms with E-state index in [0.29, 0.717) is 22.3 Å². The Morgan fingerprint density at radius 3 is 2.71 bits per heavy atom. The van der Waals surface area contributed by atoms with Gasteiger partial charge in [0.25, 0.3) is 0 Å². The Morgan fingerprint density at radius 2 is 1.95 bits per heavy atom. The lowest BCUT2D eigenvalue weighted by Gasteiger charge is -2.15. The monoisotopic (exact) mass is 325 g/mol. The number of benzene rings is 2. The maximum absolute atomic E-state index is 9.96. The Morgan fingerprint density at radius 1 is 1.19 bits per heavy atom. The Bertz CT molecular complexity index is 605. The molecule has 0 radical (unpaired) electrons. The quantitative estimate of drug-likeness (QED) is 0.838. The van der Waals surface area contributed by atoms with Crippen molar-refractivity contribution in [2.24, 2.45) is 0 Å². The van der Waals surface area contributed by atoms with Gasteiger partial charge < -0.3 is 15.2 Å². The first-order chi connectivity index (χ1) is 10.1. The van der Waals surface area contributed by atoms with Crippen molar-refractivity contribution in [3.8, 4) is 5.75 Å². The van der Waals surface area contributed by atoms with Crippen LogP contribution in [-0.2, 0) is 0 Å². The van der Waals surface area contributed by atoms with Crippen molar-refractivity contribution in [2.45, 2.75) is 13.0 Å². The Kier molecular flexibility index (Phi) is 5.74. The summed E-state index contributed by atoms with van der Waals surface area (Å²) < 4.78 is 5.59. The molecule has 0 aliphatic rings. The van der Waals surface area contributed by atoms with Crippen LogP contribution in [0.2, 0.25) is 10.0 Å². The van der Waals surface area contributed by atoms with Crippen LogP contribution in [0.5, 0.6) is 5.75 Å². The van der Waals surface area contributed by atoms with E-state index in [9.17, 15) is 5.11 Å². The summed E-state index contributed by atoms with van der Waals surface area (Å²) in [6, 6.07) is 12.8. The zero-order valence-corrected chi connectivity index (χ0v) is 13.2. The molecule has 0 bridgehead atoms. The summed E-state index contributed by atoms with van der Waals surface area (Å²) in [6.07, 6.45) is -0.653. The zero-order valence-electron chi connectivity index (χ0n) is 11.6. The number of anilines is 1. The fraction of sp³-hybridized carbons (Fsp3) is 0.250. The number of hydrogen-bond acceptors (Lipinski definition) is 3. The average Bonchev–Trinajstić information content (AvgIpc) is 2.47. The molecule has 21 heavy (non-hydrogen) atoms. The number of ether oxygens (including phenoxy) is 1. The fourth-order valence-corrected chi connectivity index (χ4v) is 2.18. The van der Waals surface area contributed by atoms with Gasteiger partial charge in [0.2, 0.25) is 0 Å². The molecule has 0 aliphatic heterocycles. The molecular formula is C16H17Cl2NO2. The smallest absolute Gasteiger partial charge is 0.122 e. The van der Waals surface area contributed by atoms with E-state index in [1.807, 2.05) is 31.2 Å². The molecule has 0 saturated carbocycles. The predicted octanol–water partition coefficient (Wildman–Crippen LogP) is 4.15. The minimum atomic E-state index is -0.653. The lowest BCUT2D eigenvalue weighted by Crippen LogP contribution is -2.26. The highest BCUT2D eigenvalue weighted by Gasteiger charge is 2.08. The van der Waals surface area contributed by atoms with Gasteiger partial charge in [-0.25, -0.2) is 0 Å². The number of aliphatic hydroxyl groups is 1. The summed E-state index contributed by atoms with van der Waals surface area (Å²) in [6.45, 7) is 2.49. The lowest BCUT2D eigenvalue weighted by atomic mass is 10.2. The van der Waals surface area contributed by atoms with Gasteiger partial charge in [-0.3, -0.25) is 0 Å². The molecule has 5 heteroatoms. The molecule has 1 unspecified atom stereocenters. The van der Waals surface area contributed by atoms with Crippen LogP contribution in [0.1, 0.15) is 5.56 Å². The van der Waals surface area contributed by atoms with Gasteiger partial charge in [-0.1, -0.05) is 41.4 Å². The van der Waals surface area contributed by atoms with E-state index >= 15 is 0 Å². The highest BCUT2D eigenvalue weighted by Crippen LogP contribution is 2.25. The van der Waals surface area contributed by atoms with Gasteiger partial charge in [-0.2, -0.15) is 0 Å². The van der Waals surface area contributed by atoms with Crippen LogP contribution < -0.4 is 10.1 Å². The van der Waals surface area contributed by atoms with E-state index in [-0.39, 0.29) is 6.61 Å². The van der Waals surface area contributed by atoms with Crippen molar-refractivity contribution < 1.29 is 9.84 Å². The van der Waals surface area contributed by atoms with Gasteiger partial charge >= 0.3 is 0 Å². The van der Waals surface area contributed by atoms with E-state index in [4.69, 9.17) is 27.9 Å². The lowest BCUT2D eigenvalue weighted by molar-refractivity contribution is 0.117. The molecule has 2 aromatic carbocycles. The molecule has 3 nitrogen and oxygen atoms in total. The first-order valence-electron chi connectivity index (χ1n) is 6.61. The number of rotatable bonds is 6. The molecule has 2 rings (SSSR count). The van der Waals surface area contributed by atoms with Crippen LogP contribution in [0.3, 0.4) is 0 Å². The molecule has 0 heterocycles. The minimum absolute atomic E-state index is 0.204. The van der Waals surface area contributed by atoms with E-state index in [1.165, 1.54) is 0 Å². The number of aliphatic hydroxyl groups excluding tert-OH is 1. The second-order valence-electron chi connectivity index (χ2n) is 4.74. The first kappa shape index (κ1) is 16.0. The maximum atomic E-state index is 9.96. The molecular weight excluding hydrogens is 309 g/mol. The standard InChI is InChI=1S/C16H17Cl2NO2/c1-11-4-2-3-5-16(11)21-10-13(20)9-19-15-8-12(17)6-7-14(15)18/h2-8,13,19-20H,9-10H2,1H3. The van der Waals surface area contributed by atoms with Crippen LogP contribution in [0.15, 0.2) is 42.5 Å². The zero-order chi connectivity index (χ0) is 15.2. The molecule has 0 spiro atoms. The largest absolute Gasteiger partial charge is 0.491 e. The number of para-hydroxylation sites is 1. The van der Waals surface area contributed by atoms with Gasteiger partial charge in [0, 0.05) is 11.6 Å². The first-order valence-corrected chi connectivity index (χ1v) is 7.37. The summed E-state index contributed by atoms with van der Waals surface area (Å²) in [7, 11) is 0. The van der Waals surface area contributed by atoms with Gasteiger partial charge in [0.15, 0.2) is 0 Å². The van der Waals surface area contributed by atoms with Crippen LogP contribution in [0.25, 0.3) is 0 Å². The van der Waals surface area contributed by atoms with Crippen LogP contribution in [-0.4, -0.2) is 24.4 Å². The Hall–Kier alpha value is -1.42. The van der Waals surface area contributed by atoms with Crippen molar-refractivity contribution in [3.05, 3.63) is 58.1 Å². The average molecular weight is 326 g/mol. The summed E-state index contributed by atoms with van der Waals surface area (Å²) >= 11 is 11.9. The normalized spacial score (nSPS) is 12.0. The van der Waals surface area contributed by atoms with Gasteiger partial charge in [-0.05, 0) is 36.8 Å². The molecule has 112 valence electrons. The van der Waals surface area contributed by atoms with Crippen LogP contribution in [0, 0.1) is 6.92 Å². The molecule has 0 aliphatic carbocycles. The van der Waals surface area contributed by atoms with Gasteiger partial charge in [0.05, 0.1) is 10.7 Å². The van der Waals surface area contributed by atoms with E-state index in [0.717, 1.165) is 11.3 Å². The third-order valence-electron chi connectivity index (χ3n) is 2.98. The number of halogens is 2. The third-order valence-corrected chi connectivity index (χ3v) is 3.55. The van der Waals surface area contributed by atoms with Crippen molar-refractivity contribution in [3.63, 3.8) is 0 Å². The summed E-state index contributed by atoms with van der Waals surface area (Å²) in [5.41, 5.74) is 1.73. The summed E-state index contributed by atoms with van der Waals surface area (Å²) in [5.74, 6) is 0.775. The molecule has 0 aromatic heterocycles. The third kappa shape index (κ3) is 4.81. The van der Waals surface area contributed by atoms with Crippen molar-refractivity contribution in [2.75, 3.05) is 18.5 Å². The van der Waals surface area contributed by atoms with Crippen LogP contribution >= 0.6 is 23.2 Å². The number of hydrogen-bond donors (Lipinski definition) is 2. The molecule has 0 amide bonds. The fourth-order valence-electron chi connectivity index (χ4n) is 1.82.